The molecule has 0 bridgehead atoms. The monoisotopic (exact) mass is 295 g/mol. The molecule has 116 valence electrons. The molecule has 2 N–H and O–H groups in total. The summed E-state index contributed by atoms with van der Waals surface area (Å²) in [7, 11) is 4.18. The quantitative estimate of drug-likeness (QED) is 0.844. The van der Waals surface area contributed by atoms with Crippen molar-refractivity contribution in [3.63, 3.8) is 0 Å². The van der Waals surface area contributed by atoms with Crippen LogP contribution in [0.15, 0.2) is 18.2 Å². The van der Waals surface area contributed by atoms with Crippen LogP contribution in [0.1, 0.15) is 15.9 Å². The molecule has 1 aromatic rings. The number of hydrogen-bond donors (Lipinski definition) is 2. The van der Waals surface area contributed by atoms with Crippen LogP contribution in [0.3, 0.4) is 0 Å². The number of hydrogen-bond acceptors (Lipinski definition) is 4. The molecule has 2 rings (SSSR count). The standard InChI is InChI=1S/C15H22FN3O2/c1-18-5-6-19(2)13(10-18)9-17-8-12-7-11(15(20)21)3-4-14(12)16/h3-4,7,13,17H,5-6,8-10H2,1-2H3,(H,20,21). The van der Waals surface area contributed by atoms with Crippen molar-refractivity contribution >= 4 is 5.97 Å². The molecule has 0 saturated carbocycles. The minimum absolute atomic E-state index is 0.114. The summed E-state index contributed by atoms with van der Waals surface area (Å²) in [6, 6.07) is 4.27. The topological polar surface area (TPSA) is 55.8 Å². The van der Waals surface area contributed by atoms with E-state index in [9.17, 15) is 9.18 Å². The fraction of sp³-hybridized carbons (Fsp3) is 0.533. The third-order valence-electron chi connectivity index (χ3n) is 3.97. The molecule has 6 heteroatoms. The summed E-state index contributed by atoms with van der Waals surface area (Å²) < 4.78 is 13.7. The number of aromatic carboxylic acids is 1. The summed E-state index contributed by atoms with van der Waals surface area (Å²) in [5.74, 6) is -1.41. The van der Waals surface area contributed by atoms with E-state index in [4.69, 9.17) is 5.11 Å². The Bertz CT molecular complexity index is 510. The molecule has 0 aromatic heterocycles. The molecular weight excluding hydrogens is 273 g/mol. The van der Waals surface area contributed by atoms with Crippen molar-refractivity contribution in [1.82, 2.24) is 15.1 Å². The first-order valence-electron chi connectivity index (χ1n) is 7.08. The summed E-state index contributed by atoms with van der Waals surface area (Å²) in [5, 5.41) is 12.2. The number of carboxylic acid groups (broad SMARTS) is 1. The molecule has 1 atom stereocenters. The number of carbonyl (C=O) groups is 1. The second kappa shape index (κ2) is 6.98. The zero-order chi connectivity index (χ0) is 15.4. The highest BCUT2D eigenvalue weighted by Gasteiger charge is 2.21. The van der Waals surface area contributed by atoms with Gasteiger partial charge in [-0.2, -0.15) is 0 Å². The summed E-state index contributed by atoms with van der Waals surface area (Å²) >= 11 is 0. The van der Waals surface area contributed by atoms with Crippen molar-refractivity contribution in [1.29, 1.82) is 0 Å². The molecule has 0 radical (unpaired) electrons. The van der Waals surface area contributed by atoms with Crippen LogP contribution < -0.4 is 5.32 Å². The summed E-state index contributed by atoms with van der Waals surface area (Å²) in [4.78, 5) is 15.5. The minimum atomic E-state index is -1.04. The van der Waals surface area contributed by atoms with Crippen LogP contribution in [-0.2, 0) is 6.54 Å². The third-order valence-corrected chi connectivity index (χ3v) is 3.97. The van der Waals surface area contributed by atoms with Gasteiger partial charge in [0, 0.05) is 44.3 Å². The normalized spacial score (nSPS) is 20.6. The predicted molar refractivity (Wildman–Crippen MR) is 79.0 cm³/mol. The minimum Gasteiger partial charge on any atom is -0.478 e. The lowest BCUT2D eigenvalue weighted by atomic mass is 10.1. The van der Waals surface area contributed by atoms with Crippen LogP contribution in [-0.4, -0.2) is 67.2 Å². The Morgan fingerprint density at radius 3 is 2.90 bits per heavy atom. The van der Waals surface area contributed by atoms with E-state index in [1.165, 1.54) is 18.2 Å². The SMILES string of the molecule is CN1CCN(C)C(CNCc2cc(C(=O)O)ccc2F)C1. The number of nitrogens with one attached hydrogen (secondary N) is 1. The van der Waals surface area contributed by atoms with Gasteiger partial charge in [0.15, 0.2) is 0 Å². The summed E-state index contributed by atoms with van der Waals surface area (Å²) in [5.41, 5.74) is 0.504. The van der Waals surface area contributed by atoms with Gasteiger partial charge in [0.25, 0.3) is 0 Å². The van der Waals surface area contributed by atoms with E-state index in [0.717, 1.165) is 26.2 Å². The van der Waals surface area contributed by atoms with E-state index in [1.807, 2.05) is 0 Å². The van der Waals surface area contributed by atoms with Crippen molar-refractivity contribution in [2.45, 2.75) is 12.6 Å². The van der Waals surface area contributed by atoms with Gasteiger partial charge in [0.2, 0.25) is 0 Å². The second-order valence-electron chi connectivity index (χ2n) is 5.64. The zero-order valence-electron chi connectivity index (χ0n) is 12.5. The smallest absolute Gasteiger partial charge is 0.335 e. The average Bonchev–Trinajstić information content (AvgIpc) is 2.44. The molecule has 0 spiro atoms. The highest BCUT2D eigenvalue weighted by atomic mass is 19.1. The van der Waals surface area contributed by atoms with Crippen LogP contribution in [0.4, 0.5) is 4.39 Å². The first-order valence-corrected chi connectivity index (χ1v) is 7.08. The molecule has 1 saturated heterocycles. The van der Waals surface area contributed by atoms with Crippen LogP contribution in [0.25, 0.3) is 0 Å². The van der Waals surface area contributed by atoms with Crippen molar-refractivity contribution < 1.29 is 14.3 Å². The van der Waals surface area contributed by atoms with Gasteiger partial charge in [-0.05, 0) is 32.3 Å². The second-order valence-corrected chi connectivity index (χ2v) is 5.64. The van der Waals surface area contributed by atoms with E-state index >= 15 is 0 Å². The molecule has 1 aromatic carbocycles. The fourth-order valence-corrected chi connectivity index (χ4v) is 2.54. The largest absolute Gasteiger partial charge is 0.478 e. The van der Waals surface area contributed by atoms with Gasteiger partial charge < -0.3 is 15.3 Å². The van der Waals surface area contributed by atoms with Crippen molar-refractivity contribution in [3.8, 4) is 0 Å². The molecular formula is C15H22FN3O2. The molecule has 1 unspecified atom stereocenters. The molecule has 21 heavy (non-hydrogen) atoms. The molecule has 5 nitrogen and oxygen atoms in total. The van der Waals surface area contributed by atoms with Gasteiger partial charge in [-0.1, -0.05) is 0 Å². The number of rotatable bonds is 5. The van der Waals surface area contributed by atoms with Gasteiger partial charge in [0.1, 0.15) is 5.82 Å². The van der Waals surface area contributed by atoms with Crippen LogP contribution in [0.2, 0.25) is 0 Å². The van der Waals surface area contributed by atoms with Crippen LogP contribution in [0, 0.1) is 5.82 Å². The number of piperazine rings is 1. The van der Waals surface area contributed by atoms with E-state index in [0.29, 0.717) is 18.2 Å². The van der Waals surface area contributed by atoms with Crippen LogP contribution >= 0.6 is 0 Å². The van der Waals surface area contributed by atoms with Gasteiger partial charge in [-0.15, -0.1) is 0 Å². The Morgan fingerprint density at radius 2 is 2.19 bits per heavy atom. The first-order chi connectivity index (χ1) is 9.97. The number of likely N-dealkylation sites (N-methyl/N-ethyl adjacent to an activating group) is 2. The molecule has 1 fully saturated rings. The van der Waals surface area contributed by atoms with Gasteiger partial charge in [-0.3, -0.25) is 4.90 Å². The predicted octanol–water partition coefficient (Wildman–Crippen LogP) is 0.859. The highest BCUT2D eigenvalue weighted by molar-refractivity contribution is 5.87. The maximum Gasteiger partial charge on any atom is 0.335 e. The zero-order valence-corrected chi connectivity index (χ0v) is 12.5. The van der Waals surface area contributed by atoms with Crippen molar-refractivity contribution in [3.05, 3.63) is 35.1 Å². The molecule has 1 aliphatic heterocycles. The van der Waals surface area contributed by atoms with Crippen molar-refractivity contribution in [2.24, 2.45) is 0 Å². The lowest BCUT2D eigenvalue weighted by Crippen LogP contribution is -2.53. The maximum absolute atomic E-state index is 13.7. The molecule has 0 amide bonds. The lowest BCUT2D eigenvalue weighted by molar-refractivity contribution is 0.0696. The Balaban J connectivity index is 1.91. The summed E-state index contributed by atoms with van der Waals surface area (Å²) in [6.45, 7) is 4.13. The van der Waals surface area contributed by atoms with Crippen molar-refractivity contribution in [2.75, 3.05) is 40.3 Å². The van der Waals surface area contributed by atoms with E-state index in [1.54, 1.807) is 0 Å². The van der Waals surface area contributed by atoms with Gasteiger partial charge in [-0.25, -0.2) is 9.18 Å². The average molecular weight is 295 g/mol. The van der Waals surface area contributed by atoms with E-state index in [-0.39, 0.29) is 11.4 Å². The highest BCUT2D eigenvalue weighted by Crippen LogP contribution is 2.11. The maximum atomic E-state index is 13.7. The Kier molecular flexibility index (Phi) is 5.27. The Hall–Kier alpha value is -1.50. The lowest BCUT2D eigenvalue weighted by Gasteiger charge is -2.37. The first kappa shape index (κ1) is 15.9. The van der Waals surface area contributed by atoms with E-state index in [2.05, 4.69) is 29.2 Å². The third kappa shape index (κ3) is 4.23. The number of carboxylic acids is 1. The van der Waals surface area contributed by atoms with E-state index < -0.39 is 5.97 Å². The Morgan fingerprint density at radius 1 is 1.43 bits per heavy atom. The number of halogens is 1. The molecule has 1 heterocycles. The molecule has 1 aliphatic rings. The number of benzene rings is 1. The summed E-state index contributed by atoms with van der Waals surface area (Å²) in [6.07, 6.45) is 0. The number of nitrogens with zero attached hydrogens (tertiary/aromatic N) is 2. The van der Waals surface area contributed by atoms with Gasteiger partial charge >= 0.3 is 5.97 Å². The van der Waals surface area contributed by atoms with Gasteiger partial charge in [0.05, 0.1) is 5.56 Å². The fourth-order valence-electron chi connectivity index (χ4n) is 2.54. The molecule has 0 aliphatic carbocycles. The van der Waals surface area contributed by atoms with Crippen LogP contribution in [0.5, 0.6) is 0 Å². The Labute approximate surface area is 124 Å².